The minimum Gasteiger partial charge on any atom is -0.206 e. The van der Waals surface area contributed by atoms with Crippen molar-refractivity contribution in [2.45, 2.75) is 13.8 Å². The van der Waals surface area contributed by atoms with Crippen LogP contribution in [0.25, 0.3) is 55.3 Å². The lowest BCUT2D eigenvalue weighted by Crippen LogP contribution is -1.91. The molecule has 0 unspecified atom stereocenters. The molecule has 154 valence electrons. The van der Waals surface area contributed by atoms with Crippen LogP contribution < -0.4 is 0 Å². The van der Waals surface area contributed by atoms with Gasteiger partial charge in [-0.05, 0) is 92.9 Å². The van der Waals surface area contributed by atoms with E-state index < -0.39 is 11.6 Å². The van der Waals surface area contributed by atoms with Crippen LogP contribution >= 0.6 is 0 Å². The summed E-state index contributed by atoms with van der Waals surface area (Å²) < 4.78 is 29.2. The second-order valence-corrected chi connectivity index (χ2v) is 8.51. The van der Waals surface area contributed by atoms with E-state index in [1.165, 1.54) is 40.5 Å². The van der Waals surface area contributed by atoms with Crippen molar-refractivity contribution >= 4 is 10.8 Å². The predicted molar refractivity (Wildman–Crippen MR) is 129 cm³/mol. The molecule has 5 aromatic carbocycles. The highest BCUT2D eigenvalue weighted by molar-refractivity contribution is 6.19. The number of aryl methyl sites for hydroxylation is 2. The van der Waals surface area contributed by atoms with Crippen molar-refractivity contribution < 1.29 is 8.78 Å². The van der Waals surface area contributed by atoms with Gasteiger partial charge in [-0.25, -0.2) is 8.78 Å². The molecule has 1 aliphatic rings. The van der Waals surface area contributed by atoms with Gasteiger partial charge in [0.25, 0.3) is 0 Å². The number of benzene rings is 5. The van der Waals surface area contributed by atoms with Crippen LogP contribution in [-0.4, -0.2) is 0 Å². The lowest BCUT2D eigenvalue weighted by atomic mass is 9.92. The third-order valence-electron chi connectivity index (χ3n) is 6.64. The van der Waals surface area contributed by atoms with Crippen molar-refractivity contribution in [1.82, 2.24) is 0 Å². The van der Waals surface area contributed by atoms with Gasteiger partial charge in [0.2, 0.25) is 0 Å². The molecule has 6 rings (SSSR count). The molecule has 32 heavy (non-hydrogen) atoms. The summed E-state index contributed by atoms with van der Waals surface area (Å²) in [4.78, 5) is 0. The Morgan fingerprint density at radius 2 is 1.09 bits per heavy atom. The molecule has 5 aromatic rings. The highest BCUT2D eigenvalue weighted by atomic mass is 19.1. The summed E-state index contributed by atoms with van der Waals surface area (Å²) in [5, 5.41) is 1.93. The van der Waals surface area contributed by atoms with Gasteiger partial charge in [-0.3, -0.25) is 0 Å². The molecule has 0 fully saturated rings. The number of hydrogen-bond acceptors (Lipinski definition) is 0. The first-order valence-corrected chi connectivity index (χ1v) is 10.8. The SMILES string of the molecule is Cc1cccc(C)c1-c1ccc2c(c1)-c1cccc3c(-c4c(F)cccc4F)ccc-2c13. The van der Waals surface area contributed by atoms with E-state index in [1.54, 1.807) is 0 Å². The maximum absolute atomic E-state index is 14.6. The van der Waals surface area contributed by atoms with E-state index in [0.29, 0.717) is 5.56 Å². The van der Waals surface area contributed by atoms with Crippen LogP contribution in [0.5, 0.6) is 0 Å². The van der Waals surface area contributed by atoms with Crippen LogP contribution in [0.1, 0.15) is 11.1 Å². The second-order valence-electron chi connectivity index (χ2n) is 8.51. The summed E-state index contributed by atoms with van der Waals surface area (Å²) >= 11 is 0. The van der Waals surface area contributed by atoms with Gasteiger partial charge in [0, 0.05) is 0 Å². The van der Waals surface area contributed by atoms with Gasteiger partial charge in [-0.1, -0.05) is 66.7 Å². The molecule has 0 aromatic heterocycles. The average molecular weight is 418 g/mol. The summed E-state index contributed by atoms with van der Waals surface area (Å²) in [5.41, 5.74) is 10.1. The van der Waals surface area contributed by atoms with Crippen molar-refractivity contribution in [3.63, 3.8) is 0 Å². The third kappa shape index (κ3) is 2.59. The quantitative estimate of drug-likeness (QED) is 0.264. The van der Waals surface area contributed by atoms with Crippen molar-refractivity contribution in [3.8, 4) is 44.5 Å². The van der Waals surface area contributed by atoms with E-state index in [-0.39, 0.29) is 5.56 Å². The molecular weight excluding hydrogens is 398 g/mol. The number of halogens is 2. The summed E-state index contributed by atoms with van der Waals surface area (Å²) in [6.45, 7) is 4.28. The van der Waals surface area contributed by atoms with E-state index in [0.717, 1.165) is 33.0 Å². The molecule has 0 radical (unpaired) electrons. The monoisotopic (exact) mass is 418 g/mol. The van der Waals surface area contributed by atoms with Crippen LogP contribution in [0.2, 0.25) is 0 Å². The van der Waals surface area contributed by atoms with Crippen molar-refractivity contribution in [1.29, 1.82) is 0 Å². The molecule has 0 saturated heterocycles. The third-order valence-corrected chi connectivity index (χ3v) is 6.64. The Morgan fingerprint density at radius 3 is 1.84 bits per heavy atom. The van der Waals surface area contributed by atoms with Crippen LogP contribution in [0.3, 0.4) is 0 Å². The zero-order chi connectivity index (χ0) is 22.0. The van der Waals surface area contributed by atoms with Gasteiger partial charge in [0.15, 0.2) is 0 Å². The van der Waals surface area contributed by atoms with E-state index in [9.17, 15) is 8.78 Å². The molecule has 0 aliphatic heterocycles. The Bertz CT molecular complexity index is 1520. The van der Waals surface area contributed by atoms with Gasteiger partial charge >= 0.3 is 0 Å². The fourth-order valence-electron chi connectivity index (χ4n) is 5.26. The molecule has 0 heterocycles. The van der Waals surface area contributed by atoms with E-state index in [4.69, 9.17) is 0 Å². The molecule has 0 spiro atoms. The van der Waals surface area contributed by atoms with E-state index >= 15 is 0 Å². The van der Waals surface area contributed by atoms with Crippen LogP contribution in [0.15, 0.2) is 84.9 Å². The predicted octanol–water partition coefficient (Wildman–Crippen LogP) is 8.72. The summed E-state index contributed by atoms with van der Waals surface area (Å²) in [6.07, 6.45) is 0. The second kappa shape index (κ2) is 6.86. The smallest absolute Gasteiger partial charge is 0.133 e. The molecule has 0 N–H and O–H groups in total. The standard InChI is InChI=1S/C30H20F2/c1-17-6-3-7-18(2)28(17)19-12-13-20-23-14-15-24(30-26(31)10-5-11-27(30)32)21-8-4-9-22(29(21)23)25(20)16-19/h3-16H,1-2H3. The topological polar surface area (TPSA) is 0 Å². The minimum absolute atomic E-state index is 0.0309. The fourth-order valence-corrected chi connectivity index (χ4v) is 5.26. The van der Waals surface area contributed by atoms with Crippen molar-refractivity contribution in [2.24, 2.45) is 0 Å². The normalized spacial score (nSPS) is 11.8. The largest absolute Gasteiger partial charge is 0.206 e. The van der Waals surface area contributed by atoms with Crippen molar-refractivity contribution in [3.05, 3.63) is 108 Å². The summed E-state index contributed by atoms with van der Waals surface area (Å²) in [5.74, 6) is -1.09. The van der Waals surface area contributed by atoms with E-state index in [2.05, 4.69) is 56.3 Å². The first kappa shape index (κ1) is 18.9. The summed E-state index contributed by atoms with van der Waals surface area (Å²) in [6, 6.07) is 26.9. The maximum atomic E-state index is 14.6. The molecule has 1 aliphatic carbocycles. The van der Waals surface area contributed by atoms with Gasteiger partial charge in [0.05, 0.1) is 5.56 Å². The molecular formula is C30H20F2. The van der Waals surface area contributed by atoms with Gasteiger partial charge in [0.1, 0.15) is 11.6 Å². The Labute approximate surface area is 185 Å². The highest BCUT2D eigenvalue weighted by Gasteiger charge is 2.25. The summed E-state index contributed by atoms with van der Waals surface area (Å²) in [7, 11) is 0. The molecule has 2 heteroatoms. The number of hydrogen-bond donors (Lipinski definition) is 0. The molecule has 0 atom stereocenters. The zero-order valence-corrected chi connectivity index (χ0v) is 17.8. The average Bonchev–Trinajstić information content (AvgIpc) is 3.10. The molecule has 0 amide bonds. The highest BCUT2D eigenvalue weighted by Crippen LogP contribution is 2.50. The molecule has 0 nitrogen and oxygen atoms in total. The minimum atomic E-state index is -0.543. The first-order valence-electron chi connectivity index (χ1n) is 10.8. The zero-order valence-electron chi connectivity index (χ0n) is 17.8. The number of rotatable bonds is 2. The molecule has 0 bridgehead atoms. The van der Waals surface area contributed by atoms with Gasteiger partial charge in [-0.15, -0.1) is 0 Å². The lowest BCUT2D eigenvalue weighted by molar-refractivity contribution is 0.590. The Kier molecular flexibility index (Phi) is 4.06. The Hall–Kier alpha value is -3.78. The Balaban J connectivity index is 1.62. The van der Waals surface area contributed by atoms with Gasteiger partial charge in [-0.2, -0.15) is 0 Å². The fraction of sp³-hybridized carbons (Fsp3) is 0.0667. The maximum Gasteiger partial charge on any atom is 0.133 e. The lowest BCUT2D eigenvalue weighted by Gasteiger charge is -2.12. The Morgan fingerprint density at radius 1 is 0.500 bits per heavy atom. The number of fused-ring (bicyclic) bond motifs is 3. The molecule has 0 saturated carbocycles. The van der Waals surface area contributed by atoms with Crippen LogP contribution in [0, 0.1) is 25.5 Å². The van der Waals surface area contributed by atoms with Gasteiger partial charge < -0.3 is 0 Å². The van der Waals surface area contributed by atoms with Crippen LogP contribution in [-0.2, 0) is 0 Å². The van der Waals surface area contributed by atoms with Crippen molar-refractivity contribution in [2.75, 3.05) is 0 Å². The first-order chi connectivity index (χ1) is 15.5. The van der Waals surface area contributed by atoms with Crippen LogP contribution in [0.4, 0.5) is 8.78 Å². The van der Waals surface area contributed by atoms with E-state index in [1.807, 2.05) is 24.3 Å².